The number of aromatic amines is 1. The SMILES string of the molecule is O=C(O)[C@H]1CCCCN1C(=O)c1cc(C(F)(F)F)[nH]n1. The molecule has 1 saturated heterocycles. The van der Waals surface area contributed by atoms with Gasteiger partial charge in [0.25, 0.3) is 5.91 Å². The summed E-state index contributed by atoms with van der Waals surface area (Å²) >= 11 is 0. The zero-order valence-electron chi connectivity index (χ0n) is 10.3. The zero-order valence-corrected chi connectivity index (χ0v) is 10.3. The van der Waals surface area contributed by atoms with E-state index >= 15 is 0 Å². The van der Waals surface area contributed by atoms with Crippen molar-refractivity contribution >= 4 is 11.9 Å². The molecule has 0 aromatic carbocycles. The molecule has 2 rings (SSSR count). The molecule has 0 unspecified atom stereocenters. The van der Waals surface area contributed by atoms with Gasteiger partial charge in [-0.2, -0.15) is 18.3 Å². The molecule has 0 aliphatic carbocycles. The van der Waals surface area contributed by atoms with E-state index in [1.165, 1.54) is 0 Å². The largest absolute Gasteiger partial charge is 0.480 e. The molecule has 1 atom stereocenters. The van der Waals surface area contributed by atoms with Crippen molar-refractivity contribution in [1.29, 1.82) is 0 Å². The minimum absolute atomic E-state index is 0.198. The highest BCUT2D eigenvalue weighted by molar-refractivity contribution is 5.95. The first-order valence-electron chi connectivity index (χ1n) is 5.97. The summed E-state index contributed by atoms with van der Waals surface area (Å²) in [5, 5.41) is 14.1. The predicted molar refractivity (Wildman–Crippen MR) is 59.9 cm³/mol. The predicted octanol–water partition coefficient (Wildman–Crippen LogP) is 1.51. The molecule has 9 heteroatoms. The zero-order chi connectivity index (χ0) is 14.9. The molecular weight excluding hydrogens is 279 g/mol. The van der Waals surface area contributed by atoms with Crippen LogP contribution in [0.25, 0.3) is 0 Å². The third kappa shape index (κ3) is 2.75. The number of rotatable bonds is 2. The first-order valence-corrected chi connectivity index (χ1v) is 5.97. The molecule has 1 aromatic heterocycles. The van der Waals surface area contributed by atoms with Crippen molar-refractivity contribution in [3.8, 4) is 0 Å². The van der Waals surface area contributed by atoms with Crippen molar-refractivity contribution in [1.82, 2.24) is 15.1 Å². The fourth-order valence-corrected chi connectivity index (χ4v) is 2.16. The minimum Gasteiger partial charge on any atom is -0.480 e. The number of likely N-dealkylation sites (tertiary alicyclic amines) is 1. The Kier molecular flexibility index (Phi) is 3.69. The fourth-order valence-electron chi connectivity index (χ4n) is 2.16. The topological polar surface area (TPSA) is 86.3 Å². The summed E-state index contributed by atoms with van der Waals surface area (Å²) in [6.07, 6.45) is -3.06. The number of aliphatic carboxylic acids is 1. The third-order valence-electron chi connectivity index (χ3n) is 3.15. The highest BCUT2D eigenvalue weighted by atomic mass is 19.4. The molecule has 1 aromatic rings. The van der Waals surface area contributed by atoms with E-state index in [4.69, 9.17) is 5.11 Å². The Balaban J connectivity index is 2.21. The van der Waals surface area contributed by atoms with Gasteiger partial charge in [0.05, 0.1) is 0 Å². The van der Waals surface area contributed by atoms with Crippen molar-refractivity contribution in [3.05, 3.63) is 17.5 Å². The number of alkyl halides is 3. The number of aromatic nitrogens is 2. The molecule has 2 heterocycles. The number of carbonyl (C=O) groups excluding carboxylic acids is 1. The second-order valence-electron chi connectivity index (χ2n) is 4.51. The van der Waals surface area contributed by atoms with E-state index in [0.29, 0.717) is 18.9 Å². The van der Waals surface area contributed by atoms with Crippen molar-refractivity contribution in [3.63, 3.8) is 0 Å². The molecule has 1 fully saturated rings. The Hall–Kier alpha value is -2.06. The lowest BCUT2D eigenvalue weighted by molar-refractivity contribution is -0.143. The quantitative estimate of drug-likeness (QED) is 0.864. The normalized spacial score (nSPS) is 19.9. The van der Waals surface area contributed by atoms with Gasteiger partial charge >= 0.3 is 12.1 Å². The summed E-state index contributed by atoms with van der Waals surface area (Å²) in [6.45, 7) is 0.198. The van der Waals surface area contributed by atoms with Crippen LogP contribution in [0, 0.1) is 0 Å². The second kappa shape index (κ2) is 5.14. The number of carboxylic acids is 1. The van der Waals surface area contributed by atoms with Crippen molar-refractivity contribution in [2.45, 2.75) is 31.5 Å². The molecular formula is C11H12F3N3O3. The van der Waals surface area contributed by atoms with Crippen LogP contribution in [-0.2, 0) is 11.0 Å². The number of nitrogens with one attached hydrogen (secondary N) is 1. The van der Waals surface area contributed by atoms with E-state index in [2.05, 4.69) is 5.10 Å². The van der Waals surface area contributed by atoms with Crippen molar-refractivity contribution in [2.75, 3.05) is 6.54 Å². The molecule has 1 aliphatic rings. The number of piperidine rings is 1. The summed E-state index contributed by atoms with van der Waals surface area (Å²) in [5.74, 6) is -1.96. The Morgan fingerprint density at radius 1 is 1.40 bits per heavy atom. The Labute approximate surface area is 111 Å². The molecule has 0 radical (unpaired) electrons. The second-order valence-corrected chi connectivity index (χ2v) is 4.51. The third-order valence-corrected chi connectivity index (χ3v) is 3.15. The average molecular weight is 291 g/mol. The maximum absolute atomic E-state index is 12.4. The number of amides is 1. The number of hydrogen-bond donors (Lipinski definition) is 2. The number of carboxylic acid groups (broad SMARTS) is 1. The molecule has 1 aliphatic heterocycles. The first-order chi connectivity index (χ1) is 9.30. The minimum atomic E-state index is -4.63. The van der Waals surface area contributed by atoms with Gasteiger partial charge in [-0.15, -0.1) is 0 Å². The molecule has 0 spiro atoms. The van der Waals surface area contributed by atoms with E-state index in [1.54, 1.807) is 5.10 Å². The van der Waals surface area contributed by atoms with Crippen LogP contribution in [0.1, 0.15) is 35.4 Å². The van der Waals surface area contributed by atoms with Crippen LogP contribution in [0.2, 0.25) is 0 Å². The highest BCUT2D eigenvalue weighted by Gasteiger charge is 2.37. The first kappa shape index (κ1) is 14.4. The number of H-pyrrole nitrogens is 1. The van der Waals surface area contributed by atoms with E-state index < -0.39 is 35.5 Å². The standard InChI is InChI=1S/C11H12F3N3O3/c12-11(13,14)8-5-6(15-16-8)9(18)17-4-2-1-3-7(17)10(19)20/h5,7H,1-4H2,(H,15,16)(H,19,20)/t7-/m1/s1. The van der Waals surface area contributed by atoms with E-state index in [9.17, 15) is 22.8 Å². The summed E-state index contributed by atoms with van der Waals surface area (Å²) in [5.41, 5.74) is -1.56. The molecule has 0 saturated carbocycles. The van der Waals surface area contributed by atoms with E-state index in [-0.39, 0.29) is 13.0 Å². The molecule has 20 heavy (non-hydrogen) atoms. The van der Waals surface area contributed by atoms with E-state index in [0.717, 1.165) is 4.90 Å². The molecule has 1 amide bonds. The van der Waals surface area contributed by atoms with Crippen LogP contribution in [0.3, 0.4) is 0 Å². The van der Waals surface area contributed by atoms with Gasteiger partial charge in [0.1, 0.15) is 11.7 Å². The number of carbonyl (C=O) groups is 2. The summed E-state index contributed by atoms with van der Waals surface area (Å²) in [6, 6.07) is -0.419. The number of nitrogens with zero attached hydrogens (tertiary/aromatic N) is 2. The van der Waals surface area contributed by atoms with Gasteiger partial charge in [0, 0.05) is 12.6 Å². The van der Waals surface area contributed by atoms with Gasteiger partial charge in [0.2, 0.25) is 0 Å². The van der Waals surface area contributed by atoms with Gasteiger partial charge in [-0.3, -0.25) is 9.89 Å². The van der Waals surface area contributed by atoms with Crippen molar-refractivity contribution in [2.24, 2.45) is 0 Å². The molecule has 2 N–H and O–H groups in total. The summed E-state index contributed by atoms with van der Waals surface area (Å²) < 4.78 is 37.3. The number of halogens is 3. The smallest absolute Gasteiger partial charge is 0.432 e. The number of hydrogen-bond acceptors (Lipinski definition) is 3. The maximum atomic E-state index is 12.4. The van der Waals surface area contributed by atoms with Crippen LogP contribution in [-0.4, -0.2) is 44.7 Å². The maximum Gasteiger partial charge on any atom is 0.432 e. The Bertz CT molecular complexity index is 526. The van der Waals surface area contributed by atoms with Crippen LogP contribution < -0.4 is 0 Å². The Morgan fingerprint density at radius 3 is 2.65 bits per heavy atom. The van der Waals surface area contributed by atoms with Gasteiger partial charge < -0.3 is 10.0 Å². The monoisotopic (exact) mass is 291 g/mol. The molecule has 6 nitrogen and oxygen atoms in total. The lowest BCUT2D eigenvalue weighted by Crippen LogP contribution is -2.48. The Morgan fingerprint density at radius 2 is 2.10 bits per heavy atom. The van der Waals surface area contributed by atoms with Gasteiger partial charge in [-0.05, 0) is 19.3 Å². The van der Waals surface area contributed by atoms with Gasteiger partial charge in [0.15, 0.2) is 5.69 Å². The van der Waals surface area contributed by atoms with E-state index in [1.807, 2.05) is 0 Å². The van der Waals surface area contributed by atoms with Crippen LogP contribution >= 0.6 is 0 Å². The lowest BCUT2D eigenvalue weighted by Gasteiger charge is -2.32. The average Bonchev–Trinajstić information content (AvgIpc) is 2.87. The highest BCUT2D eigenvalue weighted by Crippen LogP contribution is 2.28. The molecule has 0 bridgehead atoms. The summed E-state index contributed by atoms with van der Waals surface area (Å²) in [4.78, 5) is 24.2. The van der Waals surface area contributed by atoms with Crippen LogP contribution in [0.5, 0.6) is 0 Å². The van der Waals surface area contributed by atoms with Gasteiger partial charge in [-0.25, -0.2) is 4.79 Å². The van der Waals surface area contributed by atoms with Crippen LogP contribution in [0.15, 0.2) is 6.07 Å². The van der Waals surface area contributed by atoms with Gasteiger partial charge in [-0.1, -0.05) is 0 Å². The van der Waals surface area contributed by atoms with Crippen LogP contribution in [0.4, 0.5) is 13.2 Å². The molecule has 110 valence electrons. The fraction of sp³-hybridized carbons (Fsp3) is 0.545. The lowest BCUT2D eigenvalue weighted by atomic mass is 10.0. The summed E-state index contributed by atoms with van der Waals surface area (Å²) in [7, 11) is 0. The van der Waals surface area contributed by atoms with Crippen molar-refractivity contribution < 1.29 is 27.9 Å².